The van der Waals surface area contributed by atoms with Crippen molar-refractivity contribution in [1.29, 1.82) is 0 Å². The second kappa shape index (κ2) is 7.03. The maximum Gasteiger partial charge on any atom is 0.165 e. The average Bonchev–Trinajstić information content (AvgIpc) is 2.03. The van der Waals surface area contributed by atoms with Crippen molar-refractivity contribution in [3.63, 3.8) is 0 Å². The van der Waals surface area contributed by atoms with Gasteiger partial charge in [0.05, 0.1) is 0 Å². The van der Waals surface area contributed by atoms with Crippen molar-refractivity contribution >= 4 is 6.21 Å². The predicted molar refractivity (Wildman–Crippen MR) is 41.8 cm³/mol. The van der Waals surface area contributed by atoms with Crippen molar-refractivity contribution < 1.29 is 33.3 Å². The van der Waals surface area contributed by atoms with Crippen molar-refractivity contribution in [2.75, 3.05) is 26.8 Å². The zero-order valence-corrected chi connectivity index (χ0v) is 9.21. The van der Waals surface area contributed by atoms with E-state index in [-0.39, 0.29) is 24.0 Å². The van der Waals surface area contributed by atoms with Gasteiger partial charge in [-0.1, -0.05) is 0 Å². The van der Waals surface area contributed by atoms with Gasteiger partial charge in [0.25, 0.3) is 0 Å². The number of methoxy groups -OCH3 is 1. The fourth-order valence-corrected chi connectivity index (χ4v) is 1.28. The standard InChI is InChI=1S/C8H16NO.HI/c1-10-8-7-9-5-3-2-4-6-9;/h7H,2-6,8H2,1H3;1H/q+1;/p-1. The highest BCUT2D eigenvalue weighted by Crippen LogP contribution is 2.02. The van der Waals surface area contributed by atoms with Crippen LogP contribution in [0.5, 0.6) is 0 Å². The van der Waals surface area contributed by atoms with Crippen LogP contribution in [0, 0.1) is 0 Å². The largest absolute Gasteiger partial charge is 1.00 e. The number of piperidine rings is 1. The van der Waals surface area contributed by atoms with E-state index >= 15 is 0 Å². The van der Waals surface area contributed by atoms with Crippen molar-refractivity contribution in [3.8, 4) is 0 Å². The molecule has 0 unspecified atom stereocenters. The fraction of sp³-hybridized carbons (Fsp3) is 0.875. The summed E-state index contributed by atoms with van der Waals surface area (Å²) >= 11 is 0. The average molecular weight is 269 g/mol. The topological polar surface area (TPSA) is 12.2 Å². The first kappa shape index (κ1) is 11.4. The molecule has 0 atom stereocenters. The molecule has 11 heavy (non-hydrogen) atoms. The summed E-state index contributed by atoms with van der Waals surface area (Å²) in [5.41, 5.74) is 0. The summed E-state index contributed by atoms with van der Waals surface area (Å²) in [5, 5.41) is 0. The summed E-state index contributed by atoms with van der Waals surface area (Å²) in [4.78, 5) is 0. The first-order valence-electron chi connectivity index (χ1n) is 4.00. The van der Waals surface area contributed by atoms with Gasteiger partial charge in [0, 0.05) is 20.0 Å². The lowest BCUT2D eigenvalue weighted by Gasteiger charge is -2.08. The molecule has 1 saturated heterocycles. The predicted octanol–water partition coefficient (Wildman–Crippen LogP) is -2.10. The third kappa shape index (κ3) is 4.74. The maximum absolute atomic E-state index is 4.95. The van der Waals surface area contributed by atoms with Crippen LogP contribution in [0.3, 0.4) is 0 Å². The van der Waals surface area contributed by atoms with E-state index in [9.17, 15) is 0 Å². The lowest BCUT2D eigenvalue weighted by Crippen LogP contribution is -3.00. The molecule has 1 aliphatic rings. The molecule has 1 rings (SSSR count). The van der Waals surface area contributed by atoms with Crippen LogP contribution < -0.4 is 24.0 Å². The highest BCUT2D eigenvalue weighted by molar-refractivity contribution is 5.52. The minimum absolute atomic E-state index is 0. The summed E-state index contributed by atoms with van der Waals surface area (Å²) in [5.74, 6) is 0. The molecule has 1 fully saturated rings. The van der Waals surface area contributed by atoms with Crippen LogP contribution >= 0.6 is 0 Å². The van der Waals surface area contributed by atoms with Crippen LogP contribution in [0.25, 0.3) is 0 Å². The number of halogens is 1. The van der Waals surface area contributed by atoms with Gasteiger partial charge < -0.3 is 28.7 Å². The molecule has 0 aromatic heterocycles. The highest BCUT2D eigenvalue weighted by atomic mass is 127. The number of rotatable bonds is 2. The Hall–Kier alpha value is 0.360. The van der Waals surface area contributed by atoms with E-state index in [0.29, 0.717) is 0 Å². The van der Waals surface area contributed by atoms with E-state index in [4.69, 9.17) is 4.74 Å². The lowest BCUT2D eigenvalue weighted by atomic mass is 10.2. The Kier molecular flexibility index (Phi) is 7.26. The molecule has 1 heterocycles. The monoisotopic (exact) mass is 269 g/mol. The van der Waals surface area contributed by atoms with Crippen molar-refractivity contribution in [1.82, 2.24) is 0 Å². The molecular weight excluding hydrogens is 253 g/mol. The second-order valence-corrected chi connectivity index (χ2v) is 2.73. The third-order valence-electron chi connectivity index (χ3n) is 1.89. The number of nitrogens with zero attached hydrogens (tertiary/aromatic N) is 1. The van der Waals surface area contributed by atoms with Crippen LogP contribution in [0.15, 0.2) is 0 Å². The highest BCUT2D eigenvalue weighted by Gasteiger charge is 2.08. The van der Waals surface area contributed by atoms with Crippen LogP contribution in [0.1, 0.15) is 19.3 Å². The van der Waals surface area contributed by atoms with Crippen LogP contribution in [0.4, 0.5) is 0 Å². The quantitative estimate of drug-likeness (QED) is 0.413. The molecule has 0 aromatic rings. The van der Waals surface area contributed by atoms with Gasteiger partial charge in [0.15, 0.2) is 6.21 Å². The summed E-state index contributed by atoms with van der Waals surface area (Å²) in [6.45, 7) is 3.22. The Bertz CT molecular complexity index is 117. The normalized spacial score (nSPS) is 17.4. The van der Waals surface area contributed by atoms with Crippen molar-refractivity contribution in [2.45, 2.75) is 19.3 Å². The van der Waals surface area contributed by atoms with Gasteiger partial charge in [-0.05, 0) is 6.42 Å². The molecule has 0 amide bonds. The summed E-state index contributed by atoms with van der Waals surface area (Å²) in [6, 6.07) is 0. The van der Waals surface area contributed by atoms with Crippen LogP contribution in [-0.4, -0.2) is 37.6 Å². The van der Waals surface area contributed by atoms with Gasteiger partial charge in [0.2, 0.25) is 0 Å². The fourth-order valence-electron chi connectivity index (χ4n) is 1.28. The van der Waals surface area contributed by atoms with Gasteiger partial charge in [0.1, 0.15) is 19.7 Å². The number of hydrogen-bond acceptors (Lipinski definition) is 1. The molecule has 1 aliphatic heterocycles. The molecule has 0 radical (unpaired) electrons. The molecule has 2 nitrogen and oxygen atoms in total. The Morgan fingerprint density at radius 1 is 1.27 bits per heavy atom. The number of ether oxygens (including phenoxy) is 1. The molecular formula is C8H16INO. The van der Waals surface area contributed by atoms with Crippen LogP contribution in [-0.2, 0) is 4.74 Å². The van der Waals surface area contributed by atoms with Gasteiger partial charge in [-0.25, -0.2) is 4.58 Å². The number of hydrogen-bond donors (Lipinski definition) is 0. The first-order valence-corrected chi connectivity index (χ1v) is 4.00. The molecule has 0 saturated carbocycles. The summed E-state index contributed by atoms with van der Waals surface area (Å²) < 4.78 is 7.30. The molecule has 0 bridgehead atoms. The summed E-state index contributed by atoms with van der Waals surface area (Å²) in [7, 11) is 1.74. The molecule has 0 N–H and O–H groups in total. The van der Waals surface area contributed by atoms with E-state index in [0.717, 1.165) is 6.61 Å². The van der Waals surface area contributed by atoms with E-state index in [1.807, 2.05) is 0 Å². The Morgan fingerprint density at radius 3 is 2.45 bits per heavy atom. The van der Waals surface area contributed by atoms with Crippen molar-refractivity contribution in [2.24, 2.45) is 0 Å². The molecule has 66 valence electrons. The third-order valence-corrected chi connectivity index (χ3v) is 1.89. The Balaban J connectivity index is 0.000001000. The maximum atomic E-state index is 4.95. The van der Waals surface area contributed by atoms with Gasteiger partial charge in [-0.3, -0.25) is 0 Å². The molecule has 3 heteroatoms. The smallest absolute Gasteiger partial charge is 0.165 e. The SMILES string of the molecule is COCC=[N+]1CCCCC1.[I-]. The van der Waals surface area contributed by atoms with Gasteiger partial charge in [-0.15, -0.1) is 0 Å². The zero-order chi connectivity index (χ0) is 7.23. The van der Waals surface area contributed by atoms with E-state index < -0.39 is 0 Å². The minimum Gasteiger partial charge on any atom is -1.00 e. The lowest BCUT2D eigenvalue weighted by molar-refractivity contribution is -0.534. The van der Waals surface area contributed by atoms with Gasteiger partial charge in [-0.2, -0.15) is 0 Å². The zero-order valence-electron chi connectivity index (χ0n) is 7.05. The van der Waals surface area contributed by atoms with Crippen LogP contribution in [0.2, 0.25) is 0 Å². The van der Waals surface area contributed by atoms with E-state index in [1.165, 1.54) is 32.4 Å². The Labute approximate surface area is 85.7 Å². The Morgan fingerprint density at radius 2 is 1.91 bits per heavy atom. The second-order valence-electron chi connectivity index (χ2n) is 2.73. The molecule has 0 aliphatic carbocycles. The first-order chi connectivity index (χ1) is 4.93. The molecule has 0 spiro atoms. The van der Waals surface area contributed by atoms with Gasteiger partial charge >= 0.3 is 0 Å². The molecule has 0 aromatic carbocycles. The van der Waals surface area contributed by atoms with Crippen molar-refractivity contribution in [3.05, 3.63) is 0 Å². The summed E-state index contributed by atoms with van der Waals surface area (Å²) in [6.07, 6.45) is 6.25. The van der Waals surface area contributed by atoms with E-state index in [1.54, 1.807) is 7.11 Å². The van der Waals surface area contributed by atoms with E-state index in [2.05, 4.69) is 10.8 Å². The minimum atomic E-state index is 0.